The van der Waals surface area contributed by atoms with E-state index in [-0.39, 0.29) is 17.3 Å². The molecule has 9 heteroatoms. The molecule has 0 radical (unpaired) electrons. The van der Waals surface area contributed by atoms with Crippen LogP contribution in [0.3, 0.4) is 0 Å². The predicted octanol–water partition coefficient (Wildman–Crippen LogP) is 6.40. The molecule has 2 heterocycles. The highest BCUT2D eigenvalue weighted by molar-refractivity contribution is 6.04. The molecule has 1 atom stereocenters. The summed E-state index contributed by atoms with van der Waals surface area (Å²) in [5, 5.41) is 0. The molecule has 0 spiro atoms. The maximum absolute atomic E-state index is 14.3. The Hall–Kier alpha value is -4.76. The largest absolute Gasteiger partial charge is 0.490 e. The van der Waals surface area contributed by atoms with Crippen LogP contribution in [0.15, 0.2) is 82.6 Å². The van der Waals surface area contributed by atoms with Crippen molar-refractivity contribution >= 4 is 12.3 Å². The molecule has 1 aliphatic heterocycles. The number of carbonyl (C=O) groups excluding carboxylic acids is 1. The molecule has 5 rings (SSSR count). The molecule has 0 bridgehead atoms. The van der Waals surface area contributed by atoms with E-state index >= 15 is 0 Å². The molecule has 0 amide bonds. The molecular weight excluding hydrogens is 592 g/mol. The van der Waals surface area contributed by atoms with Gasteiger partial charge >= 0.3 is 6.47 Å². The van der Waals surface area contributed by atoms with E-state index in [1.54, 1.807) is 11.6 Å². The van der Waals surface area contributed by atoms with E-state index in [9.17, 15) is 9.59 Å². The van der Waals surface area contributed by atoms with E-state index in [0.29, 0.717) is 37.3 Å². The monoisotopic (exact) mass is 636 g/mol. The van der Waals surface area contributed by atoms with Gasteiger partial charge in [0.1, 0.15) is 17.7 Å². The van der Waals surface area contributed by atoms with Crippen molar-refractivity contribution in [1.29, 1.82) is 0 Å². The van der Waals surface area contributed by atoms with E-state index in [1.807, 2.05) is 79.7 Å². The number of ether oxygens (including phenoxy) is 2. The Morgan fingerprint density at radius 3 is 2.49 bits per heavy atom. The van der Waals surface area contributed by atoms with Gasteiger partial charge in [-0.3, -0.25) is 19.1 Å². The third-order valence-electron chi connectivity index (χ3n) is 8.44. The number of rotatable bonds is 12. The van der Waals surface area contributed by atoms with Gasteiger partial charge in [0.05, 0.1) is 23.6 Å². The number of hydroxylamine groups is 1. The van der Waals surface area contributed by atoms with Crippen molar-refractivity contribution < 1.29 is 19.1 Å². The lowest BCUT2D eigenvalue weighted by molar-refractivity contribution is -0.132. The standard InChI is InChI=1S/C38H44N4O5/c1-6-10-34-33(23-26-13-15-27(16-14-26)31-11-8-9-12-32(31)36(39-5)41-46-25-43)37(44)42(35(7-2)40-34)28-17-19-29(20-18-28)47-30-21-22-45-38(3,4)24-30/h8-9,11-20,25,30H,6-7,10,21-24H2,1-5H3,(H,39,41). The Morgan fingerprint density at radius 1 is 1.09 bits per heavy atom. The minimum atomic E-state index is -0.197. The summed E-state index contributed by atoms with van der Waals surface area (Å²) in [5.41, 5.74) is 8.39. The van der Waals surface area contributed by atoms with Crippen LogP contribution in [0, 0.1) is 0 Å². The Morgan fingerprint density at radius 2 is 1.83 bits per heavy atom. The Kier molecular flexibility index (Phi) is 10.9. The van der Waals surface area contributed by atoms with E-state index in [4.69, 9.17) is 19.3 Å². The number of nitrogens with zero attached hydrogens (tertiary/aromatic N) is 3. The second-order valence-corrected chi connectivity index (χ2v) is 12.3. The average Bonchev–Trinajstić information content (AvgIpc) is 3.07. The lowest BCUT2D eigenvalue weighted by Crippen LogP contribution is -2.39. The van der Waals surface area contributed by atoms with Crippen molar-refractivity contribution in [1.82, 2.24) is 15.0 Å². The van der Waals surface area contributed by atoms with Gasteiger partial charge in [0, 0.05) is 43.9 Å². The average molecular weight is 637 g/mol. The highest BCUT2D eigenvalue weighted by Gasteiger charge is 2.30. The first kappa shape index (κ1) is 33.6. The maximum atomic E-state index is 14.3. The van der Waals surface area contributed by atoms with Gasteiger partial charge in [-0.25, -0.2) is 10.5 Å². The number of aryl methyl sites for hydroxylation is 2. The number of aliphatic imine (C=N–C) groups is 1. The van der Waals surface area contributed by atoms with E-state index < -0.39 is 0 Å². The highest BCUT2D eigenvalue weighted by Crippen LogP contribution is 2.29. The van der Waals surface area contributed by atoms with Crippen LogP contribution in [0.1, 0.15) is 75.2 Å². The molecule has 1 N–H and O–H groups in total. The van der Waals surface area contributed by atoms with Gasteiger partial charge in [-0.1, -0.05) is 68.8 Å². The van der Waals surface area contributed by atoms with Crippen LogP contribution in [-0.4, -0.2) is 47.2 Å². The molecular formula is C38H44N4O5. The Labute approximate surface area is 276 Å². The summed E-state index contributed by atoms with van der Waals surface area (Å²) in [6.07, 6.45) is 4.49. The molecule has 1 aromatic heterocycles. The zero-order valence-electron chi connectivity index (χ0n) is 27.9. The molecule has 47 heavy (non-hydrogen) atoms. The van der Waals surface area contributed by atoms with Gasteiger partial charge in [0.2, 0.25) is 0 Å². The summed E-state index contributed by atoms with van der Waals surface area (Å²) < 4.78 is 13.9. The van der Waals surface area contributed by atoms with Gasteiger partial charge in [-0.15, -0.1) is 0 Å². The summed E-state index contributed by atoms with van der Waals surface area (Å²) in [6.45, 7) is 9.33. The number of carbonyl (C=O) groups is 1. The van der Waals surface area contributed by atoms with Crippen molar-refractivity contribution in [3.63, 3.8) is 0 Å². The van der Waals surface area contributed by atoms with E-state index in [0.717, 1.165) is 70.9 Å². The third kappa shape index (κ3) is 7.97. The molecule has 246 valence electrons. The van der Waals surface area contributed by atoms with Crippen LogP contribution in [-0.2, 0) is 33.6 Å². The summed E-state index contributed by atoms with van der Waals surface area (Å²) >= 11 is 0. The van der Waals surface area contributed by atoms with Crippen LogP contribution < -0.4 is 15.8 Å². The predicted molar refractivity (Wildman–Crippen MR) is 184 cm³/mol. The second-order valence-electron chi connectivity index (χ2n) is 12.3. The first-order valence-corrected chi connectivity index (χ1v) is 16.3. The van der Waals surface area contributed by atoms with Crippen molar-refractivity contribution in [2.24, 2.45) is 4.99 Å². The molecule has 9 nitrogen and oxygen atoms in total. The van der Waals surface area contributed by atoms with Gasteiger partial charge in [-0.05, 0) is 61.2 Å². The number of benzene rings is 3. The molecule has 1 fully saturated rings. The molecule has 0 saturated carbocycles. The summed E-state index contributed by atoms with van der Waals surface area (Å²) in [5.74, 6) is 1.97. The van der Waals surface area contributed by atoms with Gasteiger partial charge < -0.3 is 14.3 Å². The van der Waals surface area contributed by atoms with Crippen LogP contribution >= 0.6 is 0 Å². The lowest BCUT2D eigenvalue weighted by Gasteiger charge is -2.35. The van der Waals surface area contributed by atoms with Crippen molar-refractivity contribution in [3.8, 4) is 22.6 Å². The molecule has 1 unspecified atom stereocenters. The fourth-order valence-electron chi connectivity index (χ4n) is 6.16. The number of nitrogens with one attached hydrogen (secondary N) is 1. The molecule has 3 aromatic carbocycles. The van der Waals surface area contributed by atoms with Gasteiger partial charge in [-0.2, -0.15) is 0 Å². The minimum absolute atomic E-state index is 0.0420. The third-order valence-corrected chi connectivity index (χ3v) is 8.44. The van der Waals surface area contributed by atoms with E-state index in [2.05, 4.69) is 31.2 Å². The Bertz CT molecular complexity index is 1760. The zero-order valence-corrected chi connectivity index (χ0v) is 27.9. The maximum Gasteiger partial charge on any atom is 0.320 e. The molecule has 1 saturated heterocycles. The number of amidine groups is 1. The second kappa shape index (κ2) is 15.2. The summed E-state index contributed by atoms with van der Waals surface area (Å²) in [4.78, 5) is 39.0. The van der Waals surface area contributed by atoms with Crippen LogP contribution in [0.5, 0.6) is 5.75 Å². The number of hydrogen-bond acceptors (Lipinski definition) is 7. The lowest BCUT2D eigenvalue weighted by atomic mass is 9.96. The quantitative estimate of drug-likeness (QED) is 0.0831. The van der Waals surface area contributed by atoms with Crippen LogP contribution in [0.4, 0.5) is 0 Å². The van der Waals surface area contributed by atoms with Gasteiger partial charge in [0.25, 0.3) is 5.56 Å². The van der Waals surface area contributed by atoms with Crippen LogP contribution in [0.2, 0.25) is 0 Å². The van der Waals surface area contributed by atoms with Crippen molar-refractivity contribution in [2.45, 2.75) is 77.9 Å². The fourth-order valence-corrected chi connectivity index (χ4v) is 6.16. The van der Waals surface area contributed by atoms with Crippen LogP contribution in [0.25, 0.3) is 16.8 Å². The molecule has 4 aromatic rings. The first-order valence-electron chi connectivity index (χ1n) is 16.3. The summed E-state index contributed by atoms with van der Waals surface area (Å²) in [6, 6.07) is 23.7. The SMILES string of the molecule is CCCc1nc(CC)n(-c2ccc(OC3CCOC(C)(C)C3)cc2)c(=O)c1Cc1ccc(-c2ccccc2C(=NC)NOC=O)cc1. The van der Waals surface area contributed by atoms with Crippen molar-refractivity contribution in [3.05, 3.63) is 111 Å². The zero-order chi connectivity index (χ0) is 33.4. The molecule has 0 aliphatic carbocycles. The topological polar surface area (TPSA) is 104 Å². The fraction of sp³-hybridized carbons (Fsp3) is 0.368. The van der Waals surface area contributed by atoms with E-state index in [1.165, 1.54) is 0 Å². The normalized spacial score (nSPS) is 16.0. The number of aromatic nitrogens is 2. The minimum Gasteiger partial charge on any atom is -0.490 e. The summed E-state index contributed by atoms with van der Waals surface area (Å²) in [7, 11) is 1.63. The molecule has 1 aliphatic rings. The van der Waals surface area contributed by atoms with Gasteiger partial charge in [0.15, 0.2) is 5.84 Å². The highest BCUT2D eigenvalue weighted by atomic mass is 16.7. The Balaban J connectivity index is 1.43. The smallest absolute Gasteiger partial charge is 0.320 e. The first-order chi connectivity index (χ1) is 22.8. The number of hydrogen-bond donors (Lipinski definition) is 1. The van der Waals surface area contributed by atoms with Crippen molar-refractivity contribution in [2.75, 3.05) is 13.7 Å².